The van der Waals surface area contributed by atoms with Gasteiger partial charge >= 0.3 is 0 Å². The monoisotopic (exact) mass is 422 g/mol. The SMILES string of the molecule is Brc1nc(Sc2ccccc2)n(Cc2ccccc2)c1Br. The van der Waals surface area contributed by atoms with Gasteiger partial charge in [0, 0.05) is 4.90 Å². The van der Waals surface area contributed by atoms with Crippen LogP contribution in [0.5, 0.6) is 0 Å². The molecule has 0 aliphatic carbocycles. The Balaban J connectivity index is 1.92. The van der Waals surface area contributed by atoms with Crippen molar-refractivity contribution in [1.29, 1.82) is 0 Å². The Morgan fingerprint density at radius 2 is 1.52 bits per heavy atom. The lowest BCUT2D eigenvalue weighted by Gasteiger charge is -2.09. The normalized spacial score (nSPS) is 10.8. The first kappa shape index (κ1) is 14.9. The zero-order valence-electron chi connectivity index (χ0n) is 11.0. The van der Waals surface area contributed by atoms with Crippen LogP contribution in [-0.4, -0.2) is 9.55 Å². The lowest BCUT2D eigenvalue weighted by atomic mass is 10.2. The molecule has 0 unspecified atom stereocenters. The number of aromatic nitrogens is 2. The van der Waals surface area contributed by atoms with E-state index in [1.165, 1.54) is 10.5 Å². The van der Waals surface area contributed by atoms with E-state index in [9.17, 15) is 0 Å². The Bertz CT molecular complexity index is 727. The molecule has 21 heavy (non-hydrogen) atoms. The van der Waals surface area contributed by atoms with E-state index in [0.717, 1.165) is 20.9 Å². The molecule has 0 amide bonds. The summed E-state index contributed by atoms with van der Waals surface area (Å²) in [6.07, 6.45) is 0. The van der Waals surface area contributed by atoms with Gasteiger partial charge in [0.05, 0.1) is 6.54 Å². The second-order valence-corrected chi connectivity index (χ2v) is 7.01. The maximum atomic E-state index is 4.60. The van der Waals surface area contributed by atoms with Gasteiger partial charge in [-0.05, 0) is 49.6 Å². The molecule has 1 aromatic heterocycles. The van der Waals surface area contributed by atoms with Gasteiger partial charge in [-0.1, -0.05) is 60.3 Å². The molecule has 5 heteroatoms. The van der Waals surface area contributed by atoms with Gasteiger partial charge in [-0.3, -0.25) is 0 Å². The molecular formula is C16H12Br2N2S. The van der Waals surface area contributed by atoms with Crippen LogP contribution in [0.1, 0.15) is 5.56 Å². The fourth-order valence-corrected chi connectivity index (χ4v) is 3.87. The van der Waals surface area contributed by atoms with Gasteiger partial charge < -0.3 is 4.57 Å². The van der Waals surface area contributed by atoms with Crippen molar-refractivity contribution < 1.29 is 0 Å². The maximum Gasteiger partial charge on any atom is 0.175 e. The molecule has 0 saturated carbocycles. The number of hydrogen-bond donors (Lipinski definition) is 0. The van der Waals surface area contributed by atoms with Crippen molar-refractivity contribution in [2.24, 2.45) is 0 Å². The summed E-state index contributed by atoms with van der Waals surface area (Å²) in [5.41, 5.74) is 1.25. The van der Waals surface area contributed by atoms with E-state index in [0.29, 0.717) is 0 Å². The summed E-state index contributed by atoms with van der Waals surface area (Å²) in [5, 5.41) is 0.962. The Morgan fingerprint density at radius 3 is 2.19 bits per heavy atom. The van der Waals surface area contributed by atoms with Crippen molar-refractivity contribution >= 4 is 43.6 Å². The van der Waals surface area contributed by atoms with Crippen molar-refractivity contribution in [2.45, 2.75) is 16.6 Å². The van der Waals surface area contributed by atoms with Crippen LogP contribution >= 0.6 is 43.6 Å². The first-order valence-electron chi connectivity index (χ1n) is 6.42. The Morgan fingerprint density at radius 1 is 0.905 bits per heavy atom. The molecule has 0 radical (unpaired) electrons. The quantitative estimate of drug-likeness (QED) is 0.542. The van der Waals surface area contributed by atoms with Crippen LogP contribution < -0.4 is 0 Å². The van der Waals surface area contributed by atoms with Crippen LogP contribution in [0, 0.1) is 0 Å². The average molecular weight is 424 g/mol. The first-order valence-corrected chi connectivity index (χ1v) is 8.82. The largest absolute Gasteiger partial charge is 0.308 e. The first-order chi connectivity index (χ1) is 10.2. The lowest BCUT2D eigenvalue weighted by Crippen LogP contribution is -2.01. The molecule has 2 nitrogen and oxygen atoms in total. The fourth-order valence-electron chi connectivity index (χ4n) is 1.96. The predicted octanol–water partition coefficient (Wildman–Crippen LogP) is 5.61. The summed E-state index contributed by atoms with van der Waals surface area (Å²) in [4.78, 5) is 5.77. The number of halogens is 2. The second-order valence-electron chi connectivity index (χ2n) is 4.46. The molecule has 0 bridgehead atoms. The smallest absolute Gasteiger partial charge is 0.175 e. The number of hydrogen-bond acceptors (Lipinski definition) is 2. The summed E-state index contributed by atoms with van der Waals surface area (Å²) < 4.78 is 3.96. The van der Waals surface area contributed by atoms with Gasteiger partial charge in [0.15, 0.2) is 5.16 Å². The van der Waals surface area contributed by atoms with Crippen LogP contribution in [0.2, 0.25) is 0 Å². The standard InChI is InChI=1S/C16H12Br2N2S/c17-14-15(18)20(11-12-7-3-1-4-8-12)16(19-14)21-13-9-5-2-6-10-13/h1-10H,11H2. The zero-order valence-corrected chi connectivity index (χ0v) is 15.0. The molecule has 2 aromatic carbocycles. The molecule has 0 aliphatic heterocycles. The van der Waals surface area contributed by atoms with Crippen LogP contribution in [0.4, 0.5) is 0 Å². The Labute approximate surface area is 144 Å². The predicted molar refractivity (Wildman–Crippen MR) is 93.7 cm³/mol. The third kappa shape index (κ3) is 3.59. The van der Waals surface area contributed by atoms with E-state index in [1.807, 2.05) is 24.3 Å². The lowest BCUT2D eigenvalue weighted by molar-refractivity contribution is 0.695. The summed E-state index contributed by atoms with van der Waals surface area (Å²) in [5.74, 6) is 0. The molecule has 0 aliphatic rings. The van der Waals surface area contributed by atoms with Gasteiger partial charge in [-0.15, -0.1) is 0 Å². The van der Waals surface area contributed by atoms with Gasteiger partial charge in [0.1, 0.15) is 9.21 Å². The minimum Gasteiger partial charge on any atom is -0.308 e. The van der Waals surface area contributed by atoms with Crippen molar-refractivity contribution in [3.63, 3.8) is 0 Å². The van der Waals surface area contributed by atoms with Crippen LogP contribution in [0.3, 0.4) is 0 Å². The van der Waals surface area contributed by atoms with E-state index >= 15 is 0 Å². The second kappa shape index (κ2) is 6.81. The highest BCUT2D eigenvalue weighted by atomic mass is 79.9. The molecule has 0 fully saturated rings. The van der Waals surface area contributed by atoms with E-state index < -0.39 is 0 Å². The molecule has 106 valence electrons. The van der Waals surface area contributed by atoms with E-state index in [1.54, 1.807) is 11.8 Å². The third-order valence-corrected chi connectivity index (χ3v) is 5.86. The van der Waals surface area contributed by atoms with Crippen LogP contribution in [0.15, 0.2) is 79.9 Å². The highest BCUT2D eigenvalue weighted by molar-refractivity contribution is 9.13. The van der Waals surface area contributed by atoms with Gasteiger partial charge in [-0.2, -0.15) is 0 Å². The summed E-state index contributed by atoms with van der Waals surface area (Å²) in [7, 11) is 0. The highest BCUT2D eigenvalue weighted by Gasteiger charge is 2.14. The Hall–Kier alpha value is -1.04. The van der Waals surface area contributed by atoms with Gasteiger partial charge in [0.25, 0.3) is 0 Å². The Kier molecular flexibility index (Phi) is 4.83. The van der Waals surface area contributed by atoms with Gasteiger partial charge in [-0.25, -0.2) is 4.98 Å². The number of nitrogens with zero attached hydrogens (tertiary/aromatic N) is 2. The summed E-state index contributed by atoms with van der Waals surface area (Å²) in [6, 6.07) is 20.7. The molecule has 0 saturated heterocycles. The van der Waals surface area contributed by atoms with Crippen molar-refractivity contribution in [3.8, 4) is 0 Å². The molecular weight excluding hydrogens is 412 g/mol. The molecule has 3 aromatic rings. The number of rotatable bonds is 4. The van der Waals surface area contributed by atoms with Gasteiger partial charge in [0.2, 0.25) is 0 Å². The molecule has 0 N–H and O–H groups in total. The topological polar surface area (TPSA) is 17.8 Å². The highest BCUT2D eigenvalue weighted by Crippen LogP contribution is 2.33. The molecule has 1 heterocycles. The van der Waals surface area contributed by atoms with Crippen molar-refractivity contribution in [2.75, 3.05) is 0 Å². The molecule has 0 atom stereocenters. The average Bonchev–Trinajstić information content (AvgIpc) is 2.77. The van der Waals surface area contributed by atoms with Crippen LogP contribution in [0.25, 0.3) is 0 Å². The van der Waals surface area contributed by atoms with E-state index in [2.05, 4.69) is 77.8 Å². The summed E-state index contributed by atoms with van der Waals surface area (Å²) >= 11 is 8.77. The maximum absolute atomic E-state index is 4.60. The van der Waals surface area contributed by atoms with E-state index in [4.69, 9.17) is 0 Å². The van der Waals surface area contributed by atoms with Crippen molar-refractivity contribution in [1.82, 2.24) is 9.55 Å². The number of imidazole rings is 1. The van der Waals surface area contributed by atoms with Crippen molar-refractivity contribution in [3.05, 3.63) is 75.4 Å². The molecule has 0 spiro atoms. The van der Waals surface area contributed by atoms with Crippen LogP contribution in [-0.2, 0) is 6.54 Å². The minimum atomic E-state index is 0.787. The third-order valence-electron chi connectivity index (χ3n) is 2.97. The fraction of sp³-hybridized carbons (Fsp3) is 0.0625. The molecule has 3 rings (SSSR count). The van der Waals surface area contributed by atoms with E-state index in [-0.39, 0.29) is 0 Å². The minimum absolute atomic E-state index is 0.787. The summed E-state index contributed by atoms with van der Waals surface area (Å²) in [6.45, 7) is 0.787. The number of benzene rings is 2. The zero-order chi connectivity index (χ0) is 14.7.